The molecule has 0 aliphatic carbocycles. The quantitative estimate of drug-likeness (QED) is 0.752. The smallest absolute Gasteiger partial charge is 0.316 e. The molecule has 0 spiro atoms. The van der Waals surface area contributed by atoms with Crippen LogP contribution in [0.25, 0.3) is 0 Å². The van der Waals surface area contributed by atoms with Crippen molar-refractivity contribution in [1.29, 1.82) is 0 Å². The number of nitrogens with zero attached hydrogens (tertiary/aromatic N) is 2. The fourth-order valence-electron chi connectivity index (χ4n) is 0.923. The van der Waals surface area contributed by atoms with Gasteiger partial charge in [-0.05, 0) is 27.0 Å². The maximum absolute atomic E-state index is 5.35. The van der Waals surface area contributed by atoms with E-state index in [2.05, 4.69) is 15.3 Å². The summed E-state index contributed by atoms with van der Waals surface area (Å²) in [5.74, 6) is 0. The minimum Gasteiger partial charge on any atom is -0.461 e. The molecular formula is C9H15N3O. The number of hydrogen-bond donors (Lipinski definition) is 1. The third-order valence-corrected chi connectivity index (χ3v) is 1.39. The first-order chi connectivity index (χ1) is 6.22. The first kappa shape index (κ1) is 9.92. The van der Waals surface area contributed by atoms with Gasteiger partial charge in [0.2, 0.25) is 0 Å². The van der Waals surface area contributed by atoms with E-state index in [1.165, 1.54) is 0 Å². The molecule has 0 aliphatic rings. The van der Waals surface area contributed by atoms with Gasteiger partial charge in [-0.1, -0.05) is 0 Å². The topological polar surface area (TPSA) is 47.0 Å². The molecule has 1 aromatic rings. The average molecular weight is 181 g/mol. The van der Waals surface area contributed by atoms with E-state index in [9.17, 15) is 0 Å². The van der Waals surface area contributed by atoms with Gasteiger partial charge >= 0.3 is 6.01 Å². The largest absolute Gasteiger partial charge is 0.461 e. The maximum Gasteiger partial charge on any atom is 0.316 e. The molecule has 0 radical (unpaired) electrons. The van der Waals surface area contributed by atoms with Gasteiger partial charge in [-0.25, -0.2) is 4.98 Å². The molecule has 1 N–H and O–H groups in total. The van der Waals surface area contributed by atoms with E-state index in [-0.39, 0.29) is 6.10 Å². The zero-order valence-corrected chi connectivity index (χ0v) is 8.24. The third kappa shape index (κ3) is 3.38. The lowest BCUT2D eigenvalue weighted by Crippen LogP contribution is -2.11. The zero-order chi connectivity index (χ0) is 9.68. The Balaban J connectivity index is 2.67. The molecule has 0 saturated carbocycles. The maximum atomic E-state index is 5.35. The summed E-state index contributed by atoms with van der Waals surface area (Å²) in [6.45, 7) is 4.64. The Kier molecular flexibility index (Phi) is 3.64. The van der Waals surface area contributed by atoms with Crippen molar-refractivity contribution in [2.75, 3.05) is 7.05 Å². The summed E-state index contributed by atoms with van der Waals surface area (Å²) in [4.78, 5) is 8.21. The van der Waals surface area contributed by atoms with E-state index >= 15 is 0 Å². The van der Waals surface area contributed by atoms with E-state index in [0.29, 0.717) is 6.01 Å². The molecule has 0 aromatic carbocycles. The summed E-state index contributed by atoms with van der Waals surface area (Å²) >= 11 is 0. The SMILES string of the molecule is CNCc1ccnc(OC(C)C)n1. The molecule has 1 aromatic heterocycles. The second-order valence-corrected chi connectivity index (χ2v) is 3.03. The van der Waals surface area contributed by atoms with Crippen LogP contribution in [0.4, 0.5) is 0 Å². The van der Waals surface area contributed by atoms with Crippen LogP contribution in [0.1, 0.15) is 19.5 Å². The Morgan fingerprint density at radius 2 is 2.31 bits per heavy atom. The van der Waals surface area contributed by atoms with E-state index < -0.39 is 0 Å². The van der Waals surface area contributed by atoms with Crippen LogP contribution < -0.4 is 10.1 Å². The Morgan fingerprint density at radius 1 is 1.54 bits per heavy atom. The van der Waals surface area contributed by atoms with E-state index in [1.807, 2.05) is 27.0 Å². The minimum atomic E-state index is 0.116. The van der Waals surface area contributed by atoms with Crippen molar-refractivity contribution in [2.45, 2.75) is 26.5 Å². The predicted molar refractivity (Wildman–Crippen MR) is 50.6 cm³/mol. The number of ether oxygens (including phenoxy) is 1. The molecule has 0 bridgehead atoms. The third-order valence-electron chi connectivity index (χ3n) is 1.39. The van der Waals surface area contributed by atoms with Gasteiger partial charge in [-0.15, -0.1) is 0 Å². The van der Waals surface area contributed by atoms with E-state index in [1.54, 1.807) is 6.20 Å². The zero-order valence-electron chi connectivity index (χ0n) is 8.24. The molecule has 1 heterocycles. The van der Waals surface area contributed by atoms with Crippen molar-refractivity contribution in [2.24, 2.45) is 0 Å². The molecule has 0 saturated heterocycles. The van der Waals surface area contributed by atoms with Gasteiger partial charge < -0.3 is 10.1 Å². The van der Waals surface area contributed by atoms with Gasteiger partial charge in [0.15, 0.2) is 0 Å². The molecule has 0 atom stereocenters. The van der Waals surface area contributed by atoms with Crippen molar-refractivity contribution in [1.82, 2.24) is 15.3 Å². The molecular weight excluding hydrogens is 166 g/mol. The fraction of sp³-hybridized carbons (Fsp3) is 0.556. The second kappa shape index (κ2) is 4.77. The highest BCUT2D eigenvalue weighted by Gasteiger charge is 2.01. The normalized spacial score (nSPS) is 10.5. The van der Waals surface area contributed by atoms with Gasteiger partial charge in [0, 0.05) is 12.7 Å². The Hall–Kier alpha value is -1.16. The molecule has 0 unspecified atom stereocenters. The minimum absolute atomic E-state index is 0.116. The number of nitrogens with one attached hydrogen (secondary N) is 1. The van der Waals surface area contributed by atoms with E-state index in [4.69, 9.17) is 4.74 Å². The molecule has 0 fully saturated rings. The fourth-order valence-corrected chi connectivity index (χ4v) is 0.923. The average Bonchev–Trinajstić information content (AvgIpc) is 2.04. The summed E-state index contributed by atoms with van der Waals surface area (Å²) in [7, 11) is 1.88. The summed E-state index contributed by atoms with van der Waals surface area (Å²) in [5, 5.41) is 3.02. The lowest BCUT2D eigenvalue weighted by Gasteiger charge is -2.07. The first-order valence-corrected chi connectivity index (χ1v) is 4.35. The Morgan fingerprint density at radius 3 is 2.92 bits per heavy atom. The van der Waals surface area contributed by atoms with Crippen molar-refractivity contribution in [3.63, 3.8) is 0 Å². The van der Waals surface area contributed by atoms with Gasteiger partial charge in [0.1, 0.15) is 0 Å². The summed E-state index contributed by atoms with van der Waals surface area (Å²) in [6, 6.07) is 2.31. The Labute approximate surface area is 78.4 Å². The van der Waals surface area contributed by atoms with Crippen molar-refractivity contribution in [3.8, 4) is 6.01 Å². The summed E-state index contributed by atoms with van der Waals surface area (Å²) < 4.78 is 5.35. The van der Waals surface area contributed by atoms with Gasteiger partial charge in [0.05, 0.1) is 11.8 Å². The number of rotatable bonds is 4. The molecule has 1 rings (SSSR count). The summed E-state index contributed by atoms with van der Waals surface area (Å²) in [6.07, 6.45) is 1.82. The van der Waals surface area contributed by atoms with Crippen LogP contribution in [0.2, 0.25) is 0 Å². The van der Waals surface area contributed by atoms with Crippen LogP contribution in [0.5, 0.6) is 6.01 Å². The molecule has 0 amide bonds. The highest BCUT2D eigenvalue weighted by molar-refractivity contribution is 5.05. The van der Waals surface area contributed by atoms with Gasteiger partial charge in [-0.2, -0.15) is 4.98 Å². The van der Waals surface area contributed by atoms with Crippen LogP contribution in [0, 0.1) is 0 Å². The summed E-state index contributed by atoms with van der Waals surface area (Å²) in [5.41, 5.74) is 0.938. The van der Waals surface area contributed by atoms with Crippen molar-refractivity contribution >= 4 is 0 Å². The second-order valence-electron chi connectivity index (χ2n) is 3.03. The van der Waals surface area contributed by atoms with E-state index in [0.717, 1.165) is 12.2 Å². The monoisotopic (exact) mass is 181 g/mol. The van der Waals surface area contributed by atoms with Gasteiger partial charge in [0.25, 0.3) is 0 Å². The first-order valence-electron chi connectivity index (χ1n) is 4.35. The molecule has 72 valence electrons. The molecule has 0 aliphatic heterocycles. The lowest BCUT2D eigenvalue weighted by atomic mass is 10.4. The van der Waals surface area contributed by atoms with Crippen molar-refractivity contribution < 1.29 is 4.74 Å². The molecule has 13 heavy (non-hydrogen) atoms. The predicted octanol–water partition coefficient (Wildman–Crippen LogP) is 0.983. The number of hydrogen-bond acceptors (Lipinski definition) is 4. The van der Waals surface area contributed by atoms with Gasteiger partial charge in [-0.3, -0.25) is 0 Å². The Bertz CT molecular complexity index is 263. The standard InChI is InChI=1S/C9H15N3O/c1-7(2)13-9-11-5-4-8(12-9)6-10-3/h4-5,7,10H,6H2,1-3H3. The van der Waals surface area contributed by atoms with Crippen LogP contribution in [-0.2, 0) is 6.54 Å². The molecule has 4 nitrogen and oxygen atoms in total. The molecule has 4 heteroatoms. The highest BCUT2D eigenvalue weighted by Crippen LogP contribution is 2.04. The number of aromatic nitrogens is 2. The lowest BCUT2D eigenvalue weighted by molar-refractivity contribution is 0.221. The van der Waals surface area contributed by atoms with Crippen LogP contribution in [0.15, 0.2) is 12.3 Å². The highest BCUT2D eigenvalue weighted by atomic mass is 16.5. The van der Waals surface area contributed by atoms with Crippen molar-refractivity contribution in [3.05, 3.63) is 18.0 Å². The van der Waals surface area contributed by atoms with Crippen LogP contribution >= 0.6 is 0 Å². The van der Waals surface area contributed by atoms with Crippen LogP contribution in [0.3, 0.4) is 0 Å². The van der Waals surface area contributed by atoms with Crippen LogP contribution in [-0.4, -0.2) is 23.1 Å².